The quantitative estimate of drug-likeness (QED) is 0.396. The molecule has 0 aliphatic carbocycles. The number of anilines is 2. The molecule has 8 heteroatoms. The molecular formula is C29H32N8. The monoisotopic (exact) mass is 492 g/mol. The molecule has 0 amide bonds. The van der Waals surface area contributed by atoms with E-state index in [4.69, 9.17) is 4.98 Å². The Bertz CT molecular complexity index is 1390. The molecule has 1 aromatic carbocycles. The van der Waals surface area contributed by atoms with Crippen molar-refractivity contribution in [2.75, 3.05) is 18.4 Å². The highest BCUT2D eigenvalue weighted by atomic mass is 15.3. The topological polar surface area (TPSA) is 91.8 Å². The van der Waals surface area contributed by atoms with Gasteiger partial charge in [-0.1, -0.05) is 24.3 Å². The molecule has 2 aliphatic heterocycles. The number of hydrogen-bond donors (Lipinski definition) is 2. The minimum atomic E-state index is 0.577. The number of pyridine rings is 1. The van der Waals surface area contributed by atoms with Gasteiger partial charge in [0, 0.05) is 56.2 Å². The predicted octanol–water partition coefficient (Wildman–Crippen LogP) is 4.22. The van der Waals surface area contributed by atoms with Crippen molar-refractivity contribution in [3.63, 3.8) is 0 Å². The van der Waals surface area contributed by atoms with Crippen molar-refractivity contribution in [1.29, 1.82) is 0 Å². The summed E-state index contributed by atoms with van der Waals surface area (Å²) in [6.45, 7) is 7.41. The Morgan fingerprint density at radius 3 is 2.49 bits per heavy atom. The average molecular weight is 493 g/mol. The number of aryl methyl sites for hydroxylation is 2. The van der Waals surface area contributed by atoms with E-state index < -0.39 is 0 Å². The van der Waals surface area contributed by atoms with Crippen molar-refractivity contribution in [3.8, 4) is 11.5 Å². The molecule has 2 fully saturated rings. The highest BCUT2D eigenvalue weighted by Gasteiger charge is 2.36. The van der Waals surface area contributed by atoms with Gasteiger partial charge in [0.2, 0.25) is 0 Å². The Morgan fingerprint density at radius 2 is 1.68 bits per heavy atom. The van der Waals surface area contributed by atoms with Crippen molar-refractivity contribution < 1.29 is 0 Å². The normalized spacial score (nSPS) is 19.2. The molecule has 2 atom stereocenters. The summed E-state index contributed by atoms with van der Waals surface area (Å²) < 4.78 is 0. The third-order valence-electron chi connectivity index (χ3n) is 7.39. The Kier molecular flexibility index (Phi) is 6.59. The SMILES string of the molecule is Cc1cccc(-c2nccc(Nc3ccnc(Cc4ccc(C)c(CN5C6CCC5CNC6)c4)n3)n2)n1. The van der Waals surface area contributed by atoms with E-state index >= 15 is 0 Å². The van der Waals surface area contributed by atoms with Crippen LogP contribution < -0.4 is 10.6 Å². The van der Waals surface area contributed by atoms with Crippen LogP contribution in [0.15, 0.2) is 60.9 Å². The molecule has 4 aromatic rings. The van der Waals surface area contributed by atoms with Gasteiger partial charge in [-0.15, -0.1) is 0 Å². The first-order valence-corrected chi connectivity index (χ1v) is 13.0. The Morgan fingerprint density at radius 1 is 0.892 bits per heavy atom. The standard InChI is InChI=1S/C29H32N8/c1-19-6-7-21(14-22(19)18-37-23-8-9-24(37)17-30-16-23)15-28-31-12-10-26(35-28)34-27-11-13-32-29(36-27)25-5-3-4-20(2)33-25/h3-7,10-14,23-24,30H,8-9,15-18H2,1-2H3,(H,31,32,34,35,36). The molecule has 0 saturated carbocycles. The van der Waals surface area contributed by atoms with Gasteiger partial charge in [-0.25, -0.2) is 24.9 Å². The number of fused-ring (bicyclic) bond motifs is 2. The smallest absolute Gasteiger partial charge is 0.180 e. The van der Waals surface area contributed by atoms with E-state index in [9.17, 15) is 0 Å². The second kappa shape index (κ2) is 10.3. The molecule has 2 unspecified atom stereocenters. The largest absolute Gasteiger partial charge is 0.325 e. The van der Waals surface area contributed by atoms with Crippen molar-refractivity contribution >= 4 is 11.6 Å². The third-order valence-corrected chi connectivity index (χ3v) is 7.39. The van der Waals surface area contributed by atoms with Gasteiger partial charge in [0.05, 0.1) is 0 Å². The third kappa shape index (κ3) is 5.35. The number of aromatic nitrogens is 5. The molecular weight excluding hydrogens is 460 g/mol. The van der Waals surface area contributed by atoms with Crippen LogP contribution in [0, 0.1) is 13.8 Å². The molecule has 8 nitrogen and oxygen atoms in total. The lowest BCUT2D eigenvalue weighted by Gasteiger charge is -2.35. The van der Waals surface area contributed by atoms with Gasteiger partial charge in [0.25, 0.3) is 0 Å². The number of rotatable bonds is 7. The van der Waals surface area contributed by atoms with Crippen LogP contribution in [0.3, 0.4) is 0 Å². The maximum Gasteiger partial charge on any atom is 0.180 e. The lowest BCUT2D eigenvalue weighted by Crippen LogP contribution is -2.51. The lowest BCUT2D eigenvalue weighted by atomic mass is 10.0. The fraction of sp³-hybridized carbons (Fsp3) is 0.345. The number of piperazine rings is 1. The van der Waals surface area contributed by atoms with Gasteiger partial charge in [-0.05, 0) is 67.6 Å². The molecule has 37 heavy (non-hydrogen) atoms. The van der Waals surface area contributed by atoms with Crippen molar-refractivity contribution in [1.82, 2.24) is 35.1 Å². The first kappa shape index (κ1) is 23.6. The zero-order valence-electron chi connectivity index (χ0n) is 21.4. The van der Waals surface area contributed by atoms with Crippen LogP contribution in [0.25, 0.3) is 11.5 Å². The summed E-state index contributed by atoms with van der Waals surface area (Å²) in [6.07, 6.45) is 6.82. The van der Waals surface area contributed by atoms with Crippen molar-refractivity contribution in [2.24, 2.45) is 0 Å². The van der Waals surface area contributed by atoms with E-state index in [0.717, 1.165) is 36.8 Å². The zero-order chi connectivity index (χ0) is 25.2. The van der Waals surface area contributed by atoms with Gasteiger partial charge in [0.1, 0.15) is 23.2 Å². The first-order chi connectivity index (χ1) is 18.1. The van der Waals surface area contributed by atoms with Gasteiger partial charge >= 0.3 is 0 Å². The van der Waals surface area contributed by atoms with E-state index in [1.165, 1.54) is 29.5 Å². The number of benzene rings is 1. The second-order valence-corrected chi connectivity index (χ2v) is 10.1. The lowest BCUT2D eigenvalue weighted by molar-refractivity contribution is 0.145. The van der Waals surface area contributed by atoms with Crippen LogP contribution in [-0.2, 0) is 13.0 Å². The summed E-state index contributed by atoms with van der Waals surface area (Å²) in [6, 6.07) is 17.6. The number of nitrogens with zero attached hydrogens (tertiary/aromatic N) is 6. The Hall–Kier alpha value is -3.75. The van der Waals surface area contributed by atoms with Crippen LogP contribution in [0.2, 0.25) is 0 Å². The van der Waals surface area contributed by atoms with E-state index in [0.29, 0.717) is 36.0 Å². The van der Waals surface area contributed by atoms with E-state index in [1.54, 1.807) is 12.4 Å². The molecule has 2 aliphatic rings. The highest BCUT2D eigenvalue weighted by molar-refractivity contribution is 5.56. The van der Waals surface area contributed by atoms with Crippen molar-refractivity contribution in [2.45, 2.75) is 51.7 Å². The fourth-order valence-corrected chi connectivity index (χ4v) is 5.42. The second-order valence-electron chi connectivity index (χ2n) is 10.1. The molecule has 2 N–H and O–H groups in total. The van der Waals surface area contributed by atoms with Crippen LogP contribution in [0.1, 0.15) is 41.1 Å². The zero-order valence-corrected chi connectivity index (χ0v) is 21.4. The van der Waals surface area contributed by atoms with Crippen molar-refractivity contribution in [3.05, 3.63) is 89.1 Å². The Balaban J connectivity index is 1.16. The Labute approximate surface area is 217 Å². The van der Waals surface area contributed by atoms with E-state index in [2.05, 4.69) is 60.6 Å². The summed E-state index contributed by atoms with van der Waals surface area (Å²) in [7, 11) is 0. The maximum absolute atomic E-state index is 4.76. The van der Waals surface area contributed by atoms with Crippen LogP contribution >= 0.6 is 0 Å². The van der Waals surface area contributed by atoms with E-state index in [1.807, 2.05) is 37.3 Å². The molecule has 188 valence electrons. The molecule has 6 rings (SSSR count). The molecule has 0 spiro atoms. The molecule has 2 saturated heterocycles. The summed E-state index contributed by atoms with van der Waals surface area (Å²) >= 11 is 0. The minimum absolute atomic E-state index is 0.577. The maximum atomic E-state index is 4.76. The van der Waals surface area contributed by atoms with Gasteiger partial charge in [-0.3, -0.25) is 4.90 Å². The molecule has 0 radical (unpaired) electrons. The van der Waals surface area contributed by atoms with Gasteiger partial charge < -0.3 is 10.6 Å². The minimum Gasteiger partial charge on any atom is -0.325 e. The molecule has 2 bridgehead atoms. The molecule has 3 aromatic heterocycles. The molecule has 5 heterocycles. The fourth-order valence-electron chi connectivity index (χ4n) is 5.42. The van der Waals surface area contributed by atoms with Crippen LogP contribution in [0.4, 0.5) is 11.6 Å². The van der Waals surface area contributed by atoms with Crippen LogP contribution in [-0.4, -0.2) is 55.0 Å². The van der Waals surface area contributed by atoms with Gasteiger partial charge in [0.15, 0.2) is 5.82 Å². The first-order valence-electron chi connectivity index (χ1n) is 13.0. The summed E-state index contributed by atoms with van der Waals surface area (Å²) in [5, 5.41) is 6.89. The summed E-state index contributed by atoms with van der Waals surface area (Å²) in [4.78, 5) is 25.6. The van der Waals surface area contributed by atoms with E-state index in [-0.39, 0.29) is 0 Å². The predicted molar refractivity (Wildman–Crippen MR) is 145 cm³/mol. The number of nitrogens with one attached hydrogen (secondary N) is 2. The summed E-state index contributed by atoms with van der Waals surface area (Å²) in [5.74, 6) is 2.72. The highest BCUT2D eigenvalue weighted by Crippen LogP contribution is 2.29. The van der Waals surface area contributed by atoms with Gasteiger partial charge in [-0.2, -0.15) is 0 Å². The van der Waals surface area contributed by atoms with Crippen LogP contribution in [0.5, 0.6) is 0 Å². The summed E-state index contributed by atoms with van der Waals surface area (Å²) in [5.41, 5.74) is 5.66. The average Bonchev–Trinajstić information content (AvgIpc) is 3.11. The number of hydrogen-bond acceptors (Lipinski definition) is 8.